The van der Waals surface area contributed by atoms with Crippen LogP contribution in [0.25, 0.3) is 5.69 Å². The molecule has 0 radical (unpaired) electrons. The van der Waals surface area contributed by atoms with Gasteiger partial charge in [0.1, 0.15) is 17.3 Å². The van der Waals surface area contributed by atoms with E-state index < -0.39 is 24.2 Å². The molecule has 1 heterocycles. The molecule has 30 heavy (non-hydrogen) atoms. The van der Waals surface area contributed by atoms with Crippen molar-refractivity contribution in [3.63, 3.8) is 0 Å². The first kappa shape index (κ1) is 21.4. The molecule has 0 aliphatic rings. The van der Waals surface area contributed by atoms with Crippen LogP contribution < -0.4 is 9.47 Å². The maximum absolute atomic E-state index is 13.3. The molecule has 0 N–H and O–H groups in total. The number of ether oxygens (including phenoxy) is 3. The third kappa shape index (κ3) is 4.46. The van der Waals surface area contributed by atoms with Crippen LogP contribution in [-0.4, -0.2) is 48.4 Å². The summed E-state index contributed by atoms with van der Waals surface area (Å²) in [7, 11) is 2.94. The topological polar surface area (TPSA) is 79.7 Å². The zero-order valence-electron chi connectivity index (χ0n) is 16.5. The summed E-state index contributed by atoms with van der Waals surface area (Å²) in [6, 6.07) is 10.4. The number of imidazole rings is 1. The molecule has 3 aromatic rings. The van der Waals surface area contributed by atoms with Gasteiger partial charge in [0, 0.05) is 11.8 Å². The summed E-state index contributed by atoms with van der Waals surface area (Å²) in [5.74, 6) is -0.703. The zero-order chi connectivity index (χ0) is 21.7. The van der Waals surface area contributed by atoms with Crippen molar-refractivity contribution >= 4 is 23.5 Å². The summed E-state index contributed by atoms with van der Waals surface area (Å²) in [5.41, 5.74) is 0.941. The van der Waals surface area contributed by atoms with Gasteiger partial charge in [-0.3, -0.25) is 9.36 Å². The molecule has 3 rings (SSSR count). The molecule has 0 amide bonds. The third-order valence-electron chi connectivity index (χ3n) is 4.25. The van der Waals surface area contributed by atoms with Gasteiger partial charge in [-0.25, -0.2) is 14.2 Å². The van der Waals surface area contributed by atoms with Gasteiger partial charge in [0.05, 0.1) is 26.0 Å². The standard InChI is InChI=1S/C21H19FN2O5S/c1-27-15-8-9-16(19(10-15)28-2)18(25)12-29-20(26)17-11-23-21(30-3)24(17)14-6-4-13(22)5-7-14/h4-11H,12H2,1-3H3. The molecule has 156 valence electrons. The van der Waals surface area contributed by atoms with Crippen molar-refractivity contribution in [2.75, 3.05) is 27.1 Å². The number of thioether (sulfide) groups is 1. The lowest BCUT2D eigenvalue weighted by molar-refractivity contribution is 0.0465. The smallest absolute Gasteiger partial charge is 0.357 e. The predicted octanol–water partition coefficient (Wildman–Crippen LogP) is 3.79. The Bertz CT molecular complexity index is 1070. The second kappa shape index (κ2) is 9.45. The fourth-order valence-electron chi connectivity index (χ4n) is 2.77. The molecule has 0 aliphatic carbocycles. The number of methoxy groups -OCH3 is 2. The summed E-state index contributed by atoms with van der Waals surface area (Å²) in [6.07, 6.45) is 3.16. The van der Waals surface area contributed by atoms with Crippen LogP contribution in [0.15, 0.2) is 53.8 Å². The summed E-state index contributed by atoms with van der Waals surface area (Å²) in [4.78, 5) is 29.4. The summed E-state index contributed by atoms with van der Waals surface area (Å²) in [6.45, 7) is -0.481. The largest absolute Gasteiger partial charge is 0.497 e. The molecule has 1 aromatic heterocycles. The van der Waals surface area contributed by atoms with Crippen LogP contribution in [0.5, 0.6) is 11.5 Å². The van der Waals surface area contributed by atoms with E-state index in [9.17, 15) is 14.0 Å². The fourth-order valence-corrected chi connectivity index (χ4v) is 3.32. The number of aromatic nitrogens is 2. The Balaban J connectivity index is 1.80. The van der Waals surface area contributed by atoms with Crippen molar-refractivity contribution in [3.05, 3.63) is 65.7 Å². The Labute approximate surface area is 176 Å². The van der Waals surface area contributed by atoms with Gasteiger partial charge in [-0.2, -0.15) is 0 Å². The first-order valence-corrected chi connectivity index (χ1v) is 10.0. The van der Waals surface area contributed by atoms with Crippen LogP contribution in [0.3, 0.4) is 0 Å². The summed E-state index contributed by atoms with van der Waals surface area (Å²) >= 11 is 1.32. The molecule has 0 saturated carbocycles. The van der Waals surface area contributed by atoms with Crippen LogP contribution in [0.1, 0.15) is 20.8 Å². The molecule has 0 bridgehead atoms. The van der Waals surface area contributed by atoms with Crippen molar-refractivity contribution in [3.8, 4) is 17.2 Å². The van der Waals surface area contributed by atoms with E-state index in [2.05, 4.69) is 4.98 Å². The minimum atomic E-state index is -0.729. The van der Waals surface area contributed by atoms with Crippen LogP contribution in [0.4, 0.5) is 4.39 Å². The Morgan fingerprint density at radius 1 is 1.10 bits per heavy atom. The van der Waals surface area contributed by atoms with E-state index in [4.69, 9.17) is 14.2 Å². The second-order valence-corrected chi connectivity index (χ2v) is 6.78. The van der Waals surface area contributed by atoms with Crippen LogP contribution in [0, 0.1) is 5.82 Å². The van der Waals surface area contributed by atoms with E-state index >= 15 is 0 Å². The number of halogens is 1. The van der Waals surface area contributed by atoms with Gasteiger partial charge in [-0.1, -0.05) is 11.8 Å². The highest BCUT2D eigenvalue weighted by molar-refractivity contribution is 7.98. The van der Waals surface area contributed by atoms with Gasteiger partial charge in [-0.15, -0.1) is 0 Å². The monoisotopic (exact) mass is 430 g/mol. The number of hydrogen-bond donors (Lipinski definition) is 0. The highest BCUT2D eigenvalue weighted by atomic mass is 32.2. The molecular formula is C21H19FN2O5S. The fraction of sp³-hybridized carbons (Fsp3) is 0.190. The number of carbonyl (C=O) groups excluding carboxylic acids is 2. The average molecular weight is 430 g/mol. The van der Waals surface area contributed by atoms with Crippen LogP contribution in [-0.2, 0) is 4.74 Å². The maximum Gasteiger partial charge on any atom is 0.357 e. The number of carbonyl (C=O) groups is 2. The third-order valence-corrected chi connectivity index (χ3v) is 4.90. The minimum absolute atomic E-state index is 0.125. The number of nitrogens with zero attached hydrogens (tertiary/aromatic N) is 2. The van der Waals surface area contributed by atoms with Gasteiger partial charge in [-0.05, 0) is 42.7 Å². The van der Waals surface area contributed by atoms with Gasteiger partial charge in [0.2, 0.25) is 5.78 Å². The van der Waals surface area contributed by atoms with Gasteiger partial charge in [0.15, 0.2) is 17.5 Å². The molecule has 0 unspecified atom stereocenters. The van der Waals surface area contributed by atoms with E-state index in [1.54, 1.807) is 29.0 Å². The number of hydrogen-bond acceptors (Lipinski definition) is 7. The van der Waals surface area contributed by atoms with E-state index in [0.717, 1.165) is 0 Å². The van der Waals surface area contributed by atoms with E-state index in [1.165, 1.54) is 56.4 Å². The number of ketones is 1. The van der Waals surface area contributed by atoms with E-state index in [-0.39, 0.29) is 11.3 Å². The van der Waals surface area contributed by atoms with Crippen molar-refractivity contribution < 1.29 is 28.2 Å². The first-order valence-electron chi connectivity index (χ1n) is 8.78. The molecule has 2 aromatic carbocycles. The number of benzene rings is 2. The zero-order valence-corrected chi connectivity index (χ0v) is 17.4. The van der Waals surface area contributed by atoms with Crippen molar-refractivity contribution in [2.24, 2.45) is 0 Å². The molecule has 7 nitrogen and oxygen atoms in total. The highest BCUT2D eigenvalue weighted by Gasteiger charge is 2.21. The van der Waals surface area contributed by atoms with Crippen molar-refractivity contribution in [2.45, 2.75) is 5.16 Å². The lowest BCUT2D eigenvalue weighted by Gasteiger charge is -2.12. The number of esters is 1. The van der Waals surface area contributed by atoms with E-state index in [0.29, 0.717) is 22.3 Å². The Kier molecular flexibility index (Phi) is 6.73. The lowest BCUT2D eigenvalue weighted by atomic mass is 10.1. The Hall–Kier alpha value is -3.33. The van der Waals surface area contributed by atoms with Crippen molar-refractivity contribution in [1.29, 1.82) is 0 Å². The Morgan fingerprint density at radius 3 is 2.47 bits per heavy atom. The van der Waals surface area contributed by atoms with Crippen molar-refractivity contribution in [1.82, 2.24) is 9.55 Å². The normalized spacial score (nSPS) is 10.5. The first-order chi connectivity index (χ1) is 14.5. The molecule has 9 heteroatoms. The molecule has 0 saturated heterocycles. The summed E-state index contributed by atoms with van der Waals surface area (Å²) in [5, 5.41) is 0.525. The molecular weight excluding hydrogens is 411 g/mol. The molecule has 0 spiro atoms. The quantitative estimate of drug-likeness (QED) is 0.306. The highest BCUT2D eigenvalue weighted by Crippen LogP contribution is 2.26. The minimum Gasteiger partial charge on any atom is -0.497 e. The lowest BCUT2D eigenvalue weighted by Crippen LogP contribution is -2.17. The van der Waals surface area contributed by atoms with Crippen LogP contribution >= 0.6 is 11.8 Å². The Morgan fingerprint density at radius 2 is 1.83 bits per heavy atom. The SMILES string of the molecule is COc1ccc(C(=O)COC(=O)c2cnc(SC)n2-c2ccc(F)cc2)c(OC)c1. The van der Waals surface area contributed by atoms with Gasteiger partial charge < -0.3 is 14.2 Å². The van der Waals surface area contributed by atoms with E-state index in [1.807, 2.05) is 0 Å². The predicted molar refractivity (Wildman–Crippen MR) is 109 cm³/mol. The maximum atomic E-state index is 13.3. The van der Waals surface area contributed by atoms with Gasteiger partial charge in [0.25, 0.3) is 0 Å². The second-order valence-electron chi connectivity index (χ2n) is 6.01. The number of Topliss-reactive ketones (excluding diaryl/α,β-unsaturated/α-hetero) is 1. The summed E-state index contributed by atoms with van der Waals surface area (Å²) < 4.78 is 30.4. The number of rotatable bonds is 8. The average Bonchev–Trinajstić information content (AvgIpc) is 3.21. The molecule has 0 fully saturated rings. The van der Waals surface area contributed by atoms with Crippen LogP contribution in [0.2, 0.25) is 0 Å². The molecule has 0 aliphatic heterocycles. The molecule has 0 atom stereocenters. The van der Waals surface area contributed by atoms with Gasteiger partial charge >= 0.3 is 5.97 Å².